The van der Waals surface area contributed by atoms with Gasteiger partial charge in [0, 0.05) is 19.0 Å². The summed E-state index contributed by atoms with van der Waals surface area (Å²) in [5, 5.41) is 15.9. The number of benzene rings is 2. The summed E-state index contributed by atoms with van der Waals surface area (Å²) in [5.41, 5.74) is 3.24. The highest BCUT2D eigenvalue weighted by Crippen LogP contribution is 2.21. The average Bonchev–Trinajstić information content (AvgIpc) is 2.56. The van der Waals surface area contributed by atoms with E-state index < -0.39 is 0 Å². The maximum atomic E-state index is 8.82. The molecule has 0 saturated carbocycles. The molecule has 1 fully saturated rings. The van der Waals surface area contributed by atoms with Crippen LogP contribution in [0.5, 0.6) is 0 Å². The molecule has 1 aliphatic heterocycles. The van der Waals surface area contributed by atoms with E-state index in [1.807, 2.05) is 30.3 Å². The molecule has 0 spiro atoms. The molecule has 2 aromatic rings. The number of rotatable bonds is 2. The van der Waals surface area contributed by atoms with Crippen molar-refractivity contribution in [1.29, 1.82) is 5.26 Å². The second-order valence-electron chi connectivity index (χ2n) is 5.09. The molecule has 3 heteroatoms. The van der Waals surface area contributed by atoms with Crippen LogP contribution in [-0.4, -0.2) is 13.1 Å². The molecule has 20 heavy (non-hydrogen) atoms. The van der Waals surface area contributed by atoms with Crippen LogP contribution in [0.4, 0.5) is 0 Å². The first-order valence-electron chi connectivity index (χ1n) is 6.88. The summed E-state index contributed by atoms with van der Waals surface area (Å²) in [4.78, 5) is 0. The number of hydrogen-bond acceptors (Lipinski definition) is 3. The van der Waals surface area contributed by atoms with Crippen LogP contribution >= 0.6 is 0 Å². The van der Waals surface area contributed by atoms with Crippen molar-refractivity contribution < 1.29 is 0 Å². The molecular formula is C17H17N3. The number of hydrogen-bond donors (Lipinski definition) is 2. The lowest BCUT2D eigenvalue weighted by Gasteiger charge is -2.31. The number of nitriles is 1. The van der Waals surface area contributed by atoms with E-state index in [1.165, 1.54) is 11.1 Å². The zero-order chi connectivity index (χ0) is 13.8. The summed E-state index contributed by atoms with van der Waals surface area (Å²) in [6.45, 7) is 1.92. The van der Waals surface area contributed by atoms with Gasteiger partial charge < -0.3 is 0 Å². The molecule has 3 rings (SSSR count). The van der Waals surface area contributed by atoms with E-state index in [1.54, 1.807) is 0 Å². The second kappa shape index (κ2) is 5.87. The second-order valence-corrected chi connectivity index (χ2v) is 5.09. The fourth-order valence-corrected chi connectivity index (χ4v) is 2.61. The standard InChI is InChI=1S/C17H17N3/c18-10-13-6-8-15(9-7-13)17-19-11-16(12-20-17)14-4-2-1-3-5-14/h1-9,16-17,19-20H,11-12H2. The molecule has 1 heterocycles. The van der Waals surface area contributed by atoms with E-state index in [-0.39, 0.29) is 6.17 Å². The van der Waals surface area contributed by atoms with Gasteiger partial charge in [-0.1, -0.05) is 42.5 Å². The molecule has 2 aromatic carbocycles. The molecule has 0 aliphatic carbocycles. The Morgan fingerprint density at radius 1 is 0.850 bits per heavy atom. The molecule has 3 nitrogen and oxygen atoms in total. The Morgan fingerprint density at radius 2 is 1.50 bits per heavy atom. The minimum Gasteiger partial charge on any atom is -0.297 e. The van der Waals surface area contributed by atoms with Crippen molar-refractivity contribution in [2.75, 3.05) is 13.1 Å². The van der Waals surface area contributed by atoms with Gasteiger partial charge in [0.05, 0.1) is 17.8 Å². The van der Waals surface area contributed by atoms with Gasteiger partial charge in [0.25, 0.3) is 0 Å². The number of nitrogens with one attached hydrogen (secondary N) is 2. The Morgan fingerprint density at radius 3 is 2.10 bits per heavy atom. The van der Waals surface area contributed by atoms with Crippen LogP contribution in [0.15, 0.2) is 54.6 Å². The van der Waals surface area contributed by atoms with Crippen molar-refractivity contribution in [3.63, 3.8) is 0 Å². The first kappa shape index (κ1) is 12.9. The Kier molecular flexibility index (Phi) is 3.78. The topological polar surface area (TPSA) is 47.9 Å². The van der Waals surface area contributed by atoms with E-state index in [9.17, 15) is 0 Å². The molecule has 1 aliphatic rings. The fraction of sp³-hybridized carbons (Fsp3) is 0.235. The largest absolute Gasteiger partial charge is 0.297 e. The quantitative estimate of drug-likeness (QED) is 0.875. The van der Waals surface area contributed by atoms with Crippen molar-refractivity contribution in [3.8, 4) is 6.07 Å². The van der Waals surface area contributed by atoms with Crippen LogP contribution in [0.3, 0.4) is 0 Å². The lowest BCUT2D eigenvalue weighted by Crippen LogP contribution is -2.45. The van der Waals surface area contributed by atoms with Gasteiger partial charge in [0.1, 0.15) is 0 Å². The SMILES string of the molecule is N#Cc1ccc(C2NCC(c3ccccc3)CN2)cc1. The molecule has 0 unspecified atom stereocenters. The summed E-state index contributed by atoms with van der Waals surface area (Å²) >= 11 is 0. The molecule has 0 amide bonds. The predicted octanol–water partition coefficient (Wildman–Crippen LogP) is 2.53. The first-order chi connectivity index (χ1) is 9.86. The highest BCUT2D eigenvalue weighted by Gasteiger charge is 2.21. The van der Waals surface area contributed by atoms with Crippen LogP contribution in [0.2, 0.25) is 0 Å². The third-order valence-corrected chi connectivity index (χ3v) is 3.78. The summed E-state index contributed by atoms with van der Waals surface area (Å²) in [5.74, 6) is 0.505. The Hall–Kier alpha value is -2.15. The van der Waals surface area contributed by atoms with Gasteiger partial charge in [-0.25, -0.2) is 0 Å². The predicted molar refractivity (Wildman–Crippen MR) is 79.1 cm³/mol. The van der Waals surface area contributed by atoms with Crippen molar-refractivity contribution >= 4 is 0 Å². The van der Waals surface area contributed by atoms with Crippen LogP contribution in [0.1, 0.15) is 28.8 Å². The summed E-state index contributed by atoms with van der Waals surface area (Å²) in [6.07, 6.45) is 0.169. The Labute approximate surface area is 119 Å². The summed E-state index contributed by atoms with van der Waals surface area (Å²) in [6, 6.07) is 20.5. The Balaban J connectivity index is 1.65. The molecule has 2 N–H and O–H groups in total. The molecule has 0 aromatic heterocycles. The minimum atomic E-state index is 0.169. The van der Waals surface area contributed by atoms with Gasteiger partial charge in [0.2, 0.25) is 0 Å². The van der Waals surface area contributed by atoms with Crippen molar-refractivity contribution in [1.82, 2.24) is 10.6 Å². The zero-order valence-corrected chi connectivity index (χ0v) is 11.2. The molecular weight excluding hydrogens is 246 g/mol. The lowest BCUT2D eigenvalue weighted by molar-refractivity contribution is 0.348. The molecule has 1 saturated heterocycles. The van der Waals surface area contributed by atoms with Crippen molar-refractivity contribution in [2.45, 2.75) is 12.1 Å². The van der Waals surface area contributed by atoms with Gasteiger partial charge in [-0.2, -0.15) is 5.26 Å². The van der Waals surface area contributed by atoms with E-state index in [4.69, 9.17) is 5.26 Å². The van der Waals surface area contributed by atoms with Gasteiger partial charge in [-0.3, -0.25) is 10.6 Å². The molecule has 0 atom stereocenters. The van der Waals surface area contributed by atoms with Crippen molar-refractivity contribution in [2.24, 2.45) is 0 Å². The van der Waals surface area contributed by atoms with E-state index in [0.29, 0.717) is 11.5 Å². The third-order valence-electron chi connectivity index (χ3n) is 3.78. The maximum Gasteiger partial charge on any atom is 0.0991 e. The lowest BCUT2D eigenvalue weighted by atomic mass is 9.96. The number of nitrogens with zero attached hydrogens (tertiary/aromatic N) is 1. The van der Waals surface area contributed by atoms with Gasteiger partial charge in [-0.05, 0) is 23.3 Å². The van der Waals surface area contributed by atoms with Gasteiger partial charge in [0.15, 0.2) is 0 Å². The summed E-state index contributed by atoms with van der Waals surface area (Å²) < 4.78 is 0. The fourth-order valence-electron chi connectivity index (χ4n) is 2.61. The van der Waals surface area contributed by atoms with Gasteiger partial charge in [-0.15, -0.1) is 0 Å². The highest BCUT2D eigenvalue weighted by molar-refractivity contribution is 5.33. The van der Waals surface area contributed by atoms with Crippen LogP contribution in [-0.2, 0) is 0 Å². The van der Waals surface area contributed by atoms with E-state index in [2.05, 4.69) is 41.0 Å². The molecule has 100 valence electrons. The molecule has 0 radical (unpaired) electrons. The first-order valence-corrected chi connectivity index (χ1v) is 6.88. The monoisotopic (exact) mass is 263 g/mol. The summed E-state index contributed by atoms with van der Waals surface area (Å²) in [7, 11) is 0. The smallest absolute Gasteiger partial charge is 0.0991 e. The van der Waals surface area contributed by atoms with Crippen molar-refractivity contribution in [3.05, 3.63) is 71.3 Å². The van der Waals surface area contributed by atoms with E-state index >= 15 is 0 Å². The van der Waals surface area contributed by atoms with Crippen LogP contribution in [0.25, 0.3) is 0 Å². The van der Waals surface area contributed by atoms with Crippen LogP contribution in [0, 0.1) is 11.3 Å². The van der Waals surface area contributed by atoms with E-state index in [0.717, 1.165) is 13.1 Å². The minimum absolute atomic E-state index is 0.169. The highest BCUT2D eigenvalue weighted by atomic mass is 15.2. The zero-order valence-electron chi connectivity index (χ0n) is 11.2. The molecule has 0 bridgehead atoms. The van der Waals surface area contributed by atoms with Gasteiger partial charge >= 0.3 is 0 Å². The Bertz CT molecular complexity index is 590. The average molecular weight is 263 g/mol. The third kappa shape index (κ3) is 2.72. The van der Waals surface area contributed by atoms with Crippen LogP contribution < -0.4 is 10.6 Å². The maximum absolute atomic E-state index is 8.82. The normalized spacial score (nSPS) is 22.1.